The fourth-order valence-electron chi connectivity index (χ4n) is 2.85. The summed E-state index contributed by atoms with van der Waals surface area (Å²) >= 11 is 3.29. The van der Waals surface area contributed by atoms with Crippen molar-refractivity contribution in [2.75, 3.05) is 32.6 Å². The number of nitrogens with zero attached hydrogens (tertiary/aromatic N) is 3. The predicted octanol–water partition coefficient (Wildman–Crippen LogP) is 3.33. The van der Waals surface area contributed by atoms with Gasteiger partial charge in [-0.1, -0.05) is 0 Å². The summed E-state index contributed by atoms with van der Waals surface area (Å²) in [6.07, 6.45) is 4.82. The number of carbonyl (C=O) groups is 1. The van der Waals surface area contributed by atoms with Gasteiger partial charge in [-0.15, -0.1) is 0 Å². The minimum atomic E-state index is -0.188. The summed E-state index contributed by atoms with van der Waals surface area (Å²) in [4.78, 5) is 22.6. The molecule has 1 aromatic heterocycles. The van der Waals surface area contributed by atoms with Crippen molar-refractivity contribution in [1.29, 1.82) is 0 Å². The molecule has 1 aromatic carbocycles. The highest BCUT2D eigenvalue weighted by Gasteiger charge is 2.25. The van der Waals surface area contributed by atoms with Crippen molar-refractivity contribution in [3.05, 3.63) is 35.1 Å². The minimum absolute atomic E-state index is 0.143. The highest BCUT2D eigenvalue weighted by atomic mass is 79.9. The number of aromatic nitrogens is 2. The Hall–Kier alpha value is -2.55. The number of halogens is 1. The number of hydrogen-bond acceptors (Lipinski definition) is 6. The zero-order chi connectivity index (χ0) is 19.2. The lowest BCUT2D eigenvalue weighted by molar-refractivity contribution is 0.0982. The quantitative estimate of drug-likeness (QED) is 0.773. The molecule has 144 valence electrons. The average molecular weight is 437 g/mol. The number of hydrogen-bond donors (Lipinski definition) is 1. The summed E-state index contributed by atoms with van der Waals surface area (Å²) in [6, 6.07) is 5.37. The Morgan fingerprint density at radius 3 is 2.67 bits per heavy atom. The van der Waals surface area contributed by atoms with E-state index in [0.717, 1.165) is 17.3 Å². The second-order valence-corrected chi connectivity index (χ2v) is 6.93. The topological polar surface area (TPSA) is 85.8 Å². The molecule has 3 rings (SSSR count). The SMILES string of the molecule is COc1ccc(NC(=O)N2CCC[C@H](Oc3ncc(Br)cn3)C2)cc1OC. The standard InChI is InChI=1S/C18H21BrN4O4/c1-25-15-6-5-13(8-16(15)26-2)22-18(24)23-7-3-4-14(11-23)27-17-20-9-12(19)10-21-17/h5-6,8-10,14H,3-4,7,11H2,1-2H3,(H,22,24)/t14-/m0/s1. The lowest BCUT2D eigenvalue weighted by atomic mass is 10.1. The second-order valence-electron chi connectivity index (χ2n) is 6.01. The zero-order valence-corrected chi connectivity index (χ0v) is 16.7. The molecule has 9 heteroatoms. The van der Waals surface area contributed by atoms with E-state index in [0.29, 0.717) is 36.3 Å². The molecule has 0 aliphatic carbocycles. The lowest BCUT2D eigenvalue weighted by Gasteiger charge is -2.32. The first-order chi connectivity index (χ1) is 13.1. The van der Waals surface area contributed by atoms with E-state index in [1.54, 1.807) is 49.7 Å². The van der Waals surface area contributed by atoms with Crippen molar-refractivity contribution >= 4 is 27.6 Å². The van der Waals surface area contributed by atoms with Crippen LogP contribution in [0.15, 0.2) is 35.1 Å². The number of anilines is 1. The normalized spacial score (nSPS) is 16.6. The average Bonchev–Trinajstić information content (AvgIpc) is 2.70. The van der Waals surface area contributed by atoms with Gasteiger partial charge in [-0.3, -0.25) is 0 Å². The van der Waals surface area contributed by atoms with Crippen molar-refractivity contribution in [3.63, 3.8) is 0 Å². The van der Waals surface area contributed by atoms with Gasteiger partial charge in [0.05, 0.1) is 25.2 Å². The number of benzene rings is 1. The van der Waals surface area contributed by atoms with Gasteiger partial charge >= 0.3 is 12.0 Å². The Labute approximate surface area is 166 Å². The van der Waals surface area contributed by atoms with Gasteiger partial charge in [0.2, 0.25) is 0 Å². The fourth-order valence-corrected chi connectivity index (χ4v) is 3.05. The molecule has 2 heterocycles. The summed E-state index contributed by atoms with van der Waals surface area (Å²) in [5.74, 6) is 1.17. The number of likely N-dealkylation sites (tertiary alicyclic amines) is 1. The molecule has 1 saturated heterocycles. The molecule has 27 heavy (non-hydrogen) atoms. The summed E-state index contributed by atoms with van der Waals surface area (Å²) in [5.41, 5.74) is 0.636. The van der Waals surface area contributed by atoms with Crippen LogP contribution in [-0.4, -0.2) is 54.3 Å². The second kappa shape index (κ2) is 8.90. The van der Waals surface area contributed by atoms with Crippen LogP contribution in [-0.2, 0) is 0 Å². The Morgan fingerprint density at radius 1 is 1.22 bits per heavy atom. The van der Waals surface area contributed by atoms with Gasteiger partial charge in [0, 0.05) is 30.7 Å². The molecule has 2 aromatic rings. The van der Waals surface area contributed by atoms with E-state index in [1.165, 1.54) is 0 Å². The smallest absolute Gasteiger partial charge is 0.321 e. The summed E-state index contributed by atoms with van der Waals surface area (Å²) in [5, 5.41) is 2.89. The van der Waals surface area contributed by atoms with E-state index < -0.39 is 0 Å². The van der Waals surface area contributed by atoms with Gasteiger partial charge in [-0.05, 0) is 40.9 Å². The van der Waals surface area contributed by atoms with E-state index in [4.69, 9.17) is 14.2 Å². The zero-order valence-electron chi connectivity index (χ0n) is 15.1. The van der Waals surface area contributed by atoms with Crippen LogP contribution in [0.3, 0.4) is 0 Å². The van der Waals surface area contributed by atoms with Crippen LogP contribution in [0.1, 0.15) is 12.8 Å². The molecule has 0 radical (unpaired) electrons. The first-order valence-corrected chi connectivity index (χ1v) is 9.30. The molecule has 0 unspecified atom stereocenters. The summed E-state index contributed by atoms with van der Waals surface area (Å²) < 4.78 is 17.1. The molecular formula is C18H21BrN4O4. The Balaban J connectivity index is 1.60. The third kappa shape index (κ3) is 5.00. The fraction of sp³-hybridized carbons (Fsp3) is 0.389. The number of rotatable bonds is 5. The maximum atomic E-state index is 12.6. The van der Waals surface area contributed by atoms with Crippen molar-refractivity contribution in [2.45, 2.75) is 18.9 Å². The van der Waals surface area contributed by atoms with Crippen molar-refractivity contribution in [3.8, 4) is 17.5 Å². The number of methoxy groups -OCH3 is 2. The Morgan fingerprint density at radius 2 is 1.96 bits per heavy atom. The Kier molecular flexibility index (Phi) is 6.33. The first kappa shape index (κ1) is 19.2. The van der Waals surface area contributed by atoms with E-state index in [1.807, 2.05) is 0 Å². The molecule has 2 amide bonds. The van der Waals surface area contributed by atoms with Crippen LogP contribution in [0, 0.1) is 0 Å². The molecule has 1 aliphatic heterocycles. The molecule has 0 saturated carbocycles. The van der Waals surface area contributed by atoms with Crippen LogP contribution in [0.2, 0.25) is 0 Å². The Bertz CT molecular complexity index is 787. The number of amides is 2. The van der Waals surface area contributed by atoms with E-state index in [9.17, 15) is 4.79 Å². The maximum absolute atomic E-state index is 12.6. The number of nitrogens with one attached hydrogen (secondary N) is 1. The van der Waals surface area contributed by atoms with E-state index in [-0.39, 0.29) is 12.1 Å². The number of carbonyl (C=O) groups excluding carboxylic acids is 1. The summed E-state index contributed by atoms with van der Waals surface area (Å²) in [7, 11) is 3.12. The van der Waals surface area contributed by atoms with Gasteiger partial charge in [-0.2, -0.15) is 0 Å². The van der Waals surface area contributed by atoms with Crippen molar-refractivity contribution in [1.82, 2.24) is 14.9 Å². The predicted molar refractivity (Wildman–Crippen MR) is 104 cm³/mol. The first-order valence-electron chi connectivity index (χ1n) is 8.51. The van der Waals surface area contributed by atoms with Crippen LogP contribution < -0.4 is 19.5 Å². The maximum Gasteiger partial charge on any atom is 0.321 e. The largest absolute Gasteiger partial charge is 0.493 e. The highest BCUT2D eigenvalue weighted by molar-refractivity contribution is 9.10. The van der Waals surface area contributed by atoms with Gasteiger partial charge in [0.1, 0.15) is 6.10 Å². The van der Waals surface area contributed by atoms with Crippen molar-refractivity contribution in [2.24, 2.45) is 0 Å². The highest BCUT2D eigenvalue weighted by Crippen LogP contribution is 2.30. The minimum Gasteiger partial charge on any atom is -0.493 e. The lowest BCUT2D eigenvalue weighted by Crippen LogP contribution is -2.46. The molecule has 1 N–H and O–H groups in total. The van der Waals surface area contributed by atoms with Crippen LogP contribution >= 0.6 is 15.9 Å². The third-order valence-corrected chi connectivity index (χ3v) is 4.58. The summed E-state index contributed by atoms with van der Waals surface area (Å²) in [6.45, 7) is 1.14. The van der Waals surface area contributed by atoms with E-state index in [2.05, 4.69) is 31.2 Å². The molecule has 0 spiro atoms. The van der Waals surface area contributed by atoms with Crippen LogP contribution in [0.4, 0.5) is 10.5 Å². The van der Waals surface area contributed by atoms with Crippen molar-refractivity contribution < 1.29 is 19.0 Å². The van der Waals surface area contributed by atoms with Crippen LogP contribution in [0.5, 0.6) is 17.5 Å². The van der Waals surface area contributed by atoms with Crippen LogP contribution in [0.25, 0.3) is 0 Å². The number of ether oxygens (including phenoxy) is 3. The van der Waals surface area contributed by atoms with Gasteiger partial charge in [-0.25, -0.2) is 14.8 Å². The molecular weight excluding hydrogens is 416 g/mol. The molecule has 1 fully saturated rings. The van der Waals surface area contributed by atoms with Gasteiger partial charge in [0.25, 0.3) is 0 Å². The third-order valence-electron chi connectivity index (χ3n) is 4.17. The number of urea groups is 1. The molecule has 0 bridgehead atoms. The molecule has 1 atom stereocenters. The van der Waals surface area contributed by atoms with E-state index >= 15 is 0 Å². The monoisotopic (exact) mass is 436 g/mol. The van der Waals surface area contributed by atoms with Gasteiger partial charge < -0.3 is 24.4 Å². The molecule has 8 nitrogen and oxygen atoms in total. The number of piperidine rings is 1. The van der Waals surface area contributed by atoms with Gasteiger partial charge in [0.15, 0.2) is 11.5 Å². The molecule has 1 aliphatic rings.